The summed E-state index contributed by atoms with van der Waals surface area (Å²) in [7, 11) is 3.15. The summed E-state index contributed by atoms with van der Waals surface area (Å²) in [4.78, 5) is 18.1. The van der Waals surface area contributed by atoms with E-state index in [-0.39, 0.29) is 11.9 Å². The van der Waals surface area contributed by atoms with E-state index >= 15 is 0 Å². The van der Waals surface area contributed by atoms with Crippen LogP contribution in [0, 0.1) is 11.8 Å². The lowest BCUT2D eigenvalue weighted by atomic mass is 9.99. The highest BCUT2D eigenvalue weighted by Gasteiger charge is 2.15. The number of esters is 1. The van der Waals surface area contributed by atoms with E-state index < -0.39 is 0 Å². The maximum Gasteiger partial charge on any atom is 0.310 e. The van der Waals surface area contributed by atoms with Crippen LogP contribution < -0.4 is 10.6 Å². The molecule has 0 aromatic carbocycles. The second-order valence-electron chi connectivity index (χ2n) is 6.18. The monoisotopic (exact) mass is 312 g/mol. The fraction of sp³-hybridized carbons (Fsp3) is 0.875. The lowest BCUT2D eigenvalue weighted by Crippen LogP contribution is -2.42. The molecule has 1 aliphatic heterocycles. The fourth-order valence-electron chi connectivity index (χ4n) is 2.55. The first-order chi connectivity index (χ1) is 10.6. The number of methoxy groups -OCH3 is 1. The molecule has 1 fully saturated rings. The number of carbonyl (C=O) groups is 1. The Morgan fingerprint density at radius 2 is 2.05 bits per heavy atom. The first kappa shape index (κ1) is 18.7. The van der Waals surface area contributed by atoms with Gasteiger partial charge in [0.05, 0.1) is 13.0 Å². The first-order valence-electron chi connectivity index (χ1n) is 8.31. The Balaban J connectivity index is 2.12. The molecule has 0 amide bonds. The van der Waals surface area contributed by atoms with Gasteiger partial charge in [0.25, 0.3) is 0 Å². The van der Waals surface area contributed by atoms with Crippen molar-refractivity contribution in [2.24, 2.45) is 16.8 Å². The number of ether oxygens (including phenoxy) is 1. The van der Waals surface area contributed by atoms with Gasteiger partial charge < -0.3 is 20.3 Å². The summed E-state index contributed by atoms with van der Waals surface area (Å²) in [6, 6.07) is 0. The summed E-state index contributed by atoms with van der Waals surface area (Å²) in [6.07, 6.45) is 3.74. The van der Waals surface area contributed by atoms with Gasteiger partial charge in [-0.2, -0.15) is 0 Å². The topological polar surface area (TPSA) is 66.0 Å². The summed E-state index contributed by atoms with van der Waals surface area (Å²) in [5.74, 6) is 1.23. The van der Waals surface area contributed by atoms with Crippen molar-refractivity contribution in [3.8, 4) is 0 Å². The van der Waals surface area contributed by atoms with Crippen LogP contribution in [0.5, 0.6) is 0 Å². The summed E-state index contributed by atoms with van der Waals surface area (Å²) < 4.78 is 4.71. The van der Waals surface area contributed by atoms with E-state index in [0.717, 1.165) is 31.4 Å². The molecule has 1 unspecified atom stereocenters. The molecule has 128 valence electrons. The van der Waals surface area contributed by atoms with E-state index in [1.807, 2.05) is 6.92 Å². The molecule has 0 saturated carbocycles. The van der Waals surface area contributed by atoms with E-state index in [2.05, 4.69) is 27.4 Å². The molecule has 0 aliphatic carbocycles. The van der Waals surface area contributed by atoms with Gasteiger partial charge in [0, 0.05) is 20.1 Å². The van der Waals surface area contributed by atoms with Crippen LogP contribution in [-0.2, 0) is 9.53 Å². The van der Waals surface area contributed by atoms with Gasteiger partial charge in [0.1, 0.15) is 0 Å². The maximum atomic E-state index is 11.3. The van der Waals surface area contributed by atoms with Gasteiger partial charge in [-0.1, -0.05) is 13.8 Å². The highest BCUT2D eigenvalue weighted by molar-refractivity contribution is 5.80. The smallest absolute Gasteiger partial charge is 0.310 e. The van der Waals surface area contributed by atoms with Crippen molar-refractivity contribution >= 4 is 11.9 Å². The van der Waals surface area contributed by atoms with Crippen molar-refractivity contribution in [1.82, 2.24) is 15.5 Å². The second kappa shape index (κ2) is 10.4. The lowest BCUT2D eigenvalue weighted by molar-refractivity contribution is -0.144. The van der Waals surface area contributed by atoms with Crippen LogP contribution in [0.3, 0.4) is 0 Å². The Morgan fingerprint density at radius 3 is 2.64 bits per heavy atom. The Labute approximate surface area is 134 Å². The zero-order chi connectivity index (χ0) is 16.4. The molecule has 1 heterocycles. The van der Waals surface area contributed by atoms with Gasteiger partial charge in [-0.25, -0.2) is 0 Å². The highest BCUT2D eigenvalue weighted by Crippen LogP contribution is 2.15. The van der Waals surface area contributed by atoms with Gasteiger partial charge >= 0.3 is 5.97 Å². The second-order valence-corrected chi connectivity index (χ2v) is 6.18. The molecule has 0 spiro atoms. The largest absolute Gasteiger partial charge is 0.469 e. The molecule has 0 aromatic heterocycles. The molecule has 0 bridgehead atoms. The van der Waals surface area contributed by atoms with Crippen molar-refractivity contribution in [3.63, 3.8) is 0 Å². The van der Waals surface area contributed by atoms with Crippen LogP contribution in [0.4, 0.5) is 0 Å². The fourth-order valence-corrected chi connectivity index (χ4v) is 2.55. The van der Waals surface area contributed by atoms with Crippen LogP contribution in [0.2, 0.25) is 0 Å². The van der Waals surface area contributed by atoms with Crippen molar-refractivity contribution in [2.45, 2.75) is 33.1 Å². The summed E-state index contributed by atoms with van der Waals surface area (Å²) in [6.45, 7) is 9.17. The van der Waals surface area contributed by atoms with Crippen molar-refractivity contribution < 1.29 is 9.53 Å². The molecular formula is C16H32N4O2. The lowest BCUT2D eigenvalue weighted by Gasteiger charge is -2.30. The molecule has 1 atom stereocenters. The van der Waals surface area contributed by atoms with E-state index in [1.54, 1.807) is 7.05 Å². The molecule has 22 heavy (non-hydrogen) atoms. The number of hydrogen-bond donors (Lipinski definition) is 2. The van der Waals surface area contributed by atoms with Crippen LogP contribution in [0.15, 0.2) is 4.99 Å². The number of rotatable bonds is 7. The molecule has 1 rings (SSSR count). The van der Waals surface area contributed by atoms with Gasteiger partial charge in [-0.05, 0) is 44.8 Å². The Morgan fingerprint density at radius 1 is 1.36 bits per heavy atom. The highest BCUT2D eigenvalue weighted by atomic mass is 16.5. The predicted molar refractivity (Wildman–Crippen MR) is 90.0 cm³/mol. The van der Waals surface area contributed by atoms with Crippen LogP contribution >= 0.6 is 0 Å². The SMILES string of the molecule is CN=C(NCCCN1CCC(C)CC1)NCC(C)C(=O)OC. The third kappa shape index (κ3) is 7.11. The minimum Gasteiger partial charge on any atom is -0.469 e. The molecule has 6 heteroatoms. The number of carbonyl (C=O) groups excluding carboxylic acids is 1. The zero-order valence-corrected chi connectivity index (χ0v) is 14.5. The number of aliphatic imine (C=N–C) groups is 1. The first-order valence-corrected chi connectivity index (χ1v) is 8.31. The third-order valence-corrected chi connectivity index (χ3v) is 4.22. The summed E-state index contributed by atoms with van der Waals surface area (Å²) in [5.41, 5.74) is 0. The molecular weight excluding hydrogens is 280 g/mol. The number of piperidine rings is 1. The molecule has 6 nitrogen and oxygen atoms in total. The number of nitrogens with one attached hydrogen (secondary N) is 2. The van der Waals surface area contributed by atoms with Crippen LogP contribution in [0.1, 0.15) is 33.1 Å². The zero-order valence-electron chi connectivity index (χ0n) is 14.5. The molecule has 0 aromatic rings. The van der Waals surface area contributed by atoms with E-state index in [4.69, 9.17) is 4.74 Å². The normalized spacial score (nSPS) is 18.8. The Bertz CT molecular complexity index is 352. The standard InChI is InChI=1S/C16H32N4O2/c1-13-6-10-20(11-7-13)9-5-8-18-16(17-3)19-12-14(2)15(21)22-4/h13-14H,5-12H2,1-4H3,(H2,17,18,19). The number of hydrogen-bond acceptors (Lipinski definition) is 4. The average Bonchev–Trinajstić information content (AvgIpc) is 2.54. The van der Waals surface area contributed by atoms with Crippen molar-refractivity contribution in [3.05, 3.63) is 0 Å². The number of nitrogens with zero attached hydrogens (tertiary/aromatic N) is 2. The van der Waals surface area contributed by atoms with Gasteiger partial charge in [-0.15, -0.1) is 0 Å². The maximum absolute atomic E-state index is 11.3. The third-order valence-electron chi connectivity index (χ3n) is 4.22. The minimum atomic E-state index is -0.206. The Hall–Kier alpha value is -1.30. The minimum absolute atomic E-state index is 0.182. The van der Waals surface area contributed by atoms with Crippen molar-refractivity contribution in [2.75, 3.05) is 46.9 Å². The van der Waals surface area contributed by atoms with Crippen LogP contribution in [-0.4, -0.2) is 63.7 Å². The van der Waals surface area contributed by atoms with E-state index in [9.17, 15) is 4.79 Å². The molecule has 1 saturated heterocycles. The molecule has 2 N–H and O–H groups in total. The predicted octanol–water partition coefficient (Wildman–Crippen LogP) is 1.08. The van der Waals surface area contributed by atoms with Gasteiger partial charge in [0.15, 0.2) is 5.96 Å². The number of guanidine groups is 1. The summed E-state index contributed by atoms with van der Waals surface area (Å²) >= 11 is 0. The molecule has 1 aliphatic rings. The average molecular weight is 312 g/mol. The van der Waals surface area contributed by atoms with Crippen molar-refractivity contribution in [1.29, 1.82) is 0 Å². The van der Waals surface area contributed by atoms with E-state index in [0.29, 0.717) is 6.54 Å². The summed E-state index contributed by atoms with van der Waals surface area (Å²) in [5, 5.41) is 6.44. The van der Waals surface area contributed by atoms with Gasteiger partial charge in [0.2, 0.25) is 0 Å². The Kier molecular flexibility index (Phi) is 8.89. The van der Waals surface area contributed by atoms with Gasteiger partial charge in [-0.3, -0.25) is 9.79 Å². The quantitative estimate of drug-likeness (QED) is 0.319. The molecule has 0 radical (unpaired) electrons. The van der Waals surface area contributed by atoms with E-state index in [1.165, 1.54) is 33.0 Å². The van der Waals surface area contributed by atoms with Crippen LogP contribution in [0.25, 0.3) is 0 Å². The number of likely N-dealkylation sites (tertiary alicyclic amines) is 1.